The molecule has 0 amide bonds. The summed E-state index contributed by atoms with van der Waals surface area (Å²) in [7, 11) is 0. The SMILES string of the molecule is CCc1nn(CC)c(CC2(C(=O)O)CCC(C)CC2)c1Br. The van der Waals surface area contributed by atoms with Gasteiger partial charge in [-0.3, -0.25) is 9.48 Å². The van der Waals surface area contributed by atoms with Crippen LogP contribution in [-0.4, -0.2) is 20.9 Å². The number of halogens is 1. The Bertz CT molecular complexity index is 517. The lowest BCUT2D eigenvalue weighted by Crippen LogP contribution is -2.37. The fourth-order valence-corrected chi connectivity index (χ4v) is 3.99. The van der Waals surface area contributed by atoms with Gasteiger partial charge in [0.05, 0.1) is 21.3 Å². The van der Waals surface area contributed by atoms with Crippen molar-refractivity contribution >= 4 is 21.9 Å². The molecular weight excluding hydrogens is 332 g/mol. The maximum Gasteiger partial charge on any atom is 0.310 e. The molecule has 1 aliphatic carbocycles. The van der Waals surface area contributed by atoms with Crippen LogP contribution >= 0.6 is 15.9 Å². The molecule has 0 aromatic carbocycles. The summed E-state index contributed by atoms with van der Waals surface area (Å²) in [6.07, 6.45) is 4.99. The first-order chi connectivity index (χ1) is 9.93. The second-order valence-corrected chi connectivity index (χ2v) is 7.11. The summed E-state index contributed by atoms with van der Waals surface area (Å²) >= 11 is 3.64. The molecule has 0 atom stereocenters. The largest absolute Gasteiger partial charge is 0.481 e. The fourth-order valence-electron chi connectivity index (χ4n) is 3.29. The van der Waals surface area contributed by atoms with Crippen LogP contribution in [0.2, 0.25) is 0 Å². The summed E-state index contributed by atoms with van der Waals surface area (Å²) in [6, 6.07) is 0. The van der Waals surface area contributed by atoms with Gasteiger partial charge in [-0.1, -0.05) is 13.8 Å². The summed E-state index contributed by atoms with van der Waals surface area (Å²) in [4.78, 5) is 11.9. The smallest absolute Gasteiger partial charge is 0.310 e. The van der Waals surface area contributed by atoms with Gasteiger partial charge >= 0.3 is 5.97 Å². The highest BCUT2D eigenvalue weighted by molar-refractivity contribution is 9.10. The Morgan fingerprint density at radius 3 is 2.52 bits per heavy atom. The van der Waals surface area contributed by atoms with E-state index >= 15 is 0 Å². The number of carboxylic acids is 1. The molecule has 4 nitrogen and oxygen atoms in total. The number of aliphatic carboxylic acids is 1. The fraction of sp³-hybridized carbons (Fsp3) is 0.750. The number of carboxylic acid groups (broad SMARTS) is 1. The lowest BCUT2D eigenvalue weighted by molar-refractivity contribution is -0.151. The molecular formula is C16H25BrN2O2. The molecule has 0 aliphatic heterocycles. The number of hydrogen-bond donors (Lipinski definition) is 1. The number of aromatic nitrogens is 2. The Balaban J connectivity index is 2.33. The van der Waals surface area contributed by atoms with E-state index in [0.29, 0.717) is 12.3 Å². The highest BCUT2D eigenvalue weighted by Gasteiger charge is 2.42. The highest BCUT2D eigenvalue weighted by Crippen LogP contribution is 2.43. The van der Waals surface area contributed by atoms with Gasteiger partial charge in [-0.05, 0) is 60.9 Å². The summed E-state index contributed by atoms with van der Waals surface area (Å²) in [6.45, 7) is 7.12. The summed E-state index contributed by atoms with van der Waals surface area (Å²) < 4.78 is 2.97. The van der Waals surface area contributed by atoms with Gasteiger partial charge in [0.1, 0.15) is 0 Å². The first-order valence-electron chi connectivity index (χ1n) is 7.91. The molecule has 1 aliphatic rings. The van der Waals surface area contributed by atoms with E-state index in [1.807, 2.05) is 4.68 Å². The molecule has 1 aromatic rings. The molecule has 1 saturated carbocycles. The van der Waals surface area contributed by atoms with E-state index < -0.39 is 11.4 Å². The lowest BCUT2D eigenvalue weighted by Gasteiger charge is -2.36. The molecule has 0 saturated heterocycles. The van der Waals surface area contributed by atoms with Crippen LogP contribution in [0, 0.1) is 11.3 Å². The summed E-state index contributed by atoms with van der Waals surface area (Å²) in [5.41, 5.74) is 1.45. The third-order valence-corrected chi connectivity index (χ3v) is 5.80. The molecule has 0 unspecified atom stereocenters. The van der Waals surface area contributed by atoms with Crippen molar-refractivity contribution in [3.8, 4) is 0 Å². The van der Waals surface area contributed by atoms with E-state index in [4.69, 9.17) is 0 Å². The number of nitrogens with zero attached hydrogens (tertiary/aromatic N) is 2. The number of hydrogen-bond acceptors (Lipinski definition) is 2. The minimum absolute atomic E-state index is 0.580. The van der Waals surface area contributed by atoms with Gasteiger partial charge in [0, 0.05) is 13.0 Å². The maximum atomic E-state index is 11.9. The molecule has 0 radical (unpaired) electrons. The topological polar surface area (TPSA) is 55.1 Å². The van der Waals surface area contributed by atoms with Crippen LogP contribution in [0.25, 0.3) is 0 Å². The molecule has 21 heavy (non-hydrogen) atoms. The summed E-state index contributed by atoms with van der Waals surface area (Å²) in [5, 5.41) is 14.4. The zero-order valence-electron chi connectivity index (χ0n) is 13.2. The van der Waals surface area contributed by atoms with E-state index in [-0.39, 0.29) is 0 Å². The Morgan fingerprint density at radius 2 is 2.05 bits per heavy atom. The van der Waals surface area contributed by atoms with Gasteiger partial charge in [-0.2, -0.15) is 5.10 Å². The van der Waals surface area contributed by atoms with Gasteiger partial charge in [-0.15, -0.1) is 0 Å². The third kappa shape index (κ3) is 3.17. The van der Waals surface area contributed by atoms with Crippen molar-refractivity contribution in [2.75, 3.05) is 0 Å². The highest BCUT2D eigenvalue weighted by atomic mass is 79.9. The Morgan fingerprint density at radius 1 is 1.43 bits per heavy atom. The molecule has 2 rings (SSSR count). The van der Waals surface area contributed by atoms with Gasteiger partial charge in [-0.25, -0.2) is 0 Å². The van der Waals surface area contributed by atoms with E-state index in [1.54, 1.807) is 0 Å². The molecule has 0 bridgehead atoms. The average Bonchev–Trinajstić information content (AvgIpc) is 2.77. The maximum absolute atomic E-state index is 11.9. The van der Waals surface area contributed by atoms with E-state index in [0.717, 1.165) is 54.5 Å². The van der Waals surface area contributed by atoms with Crippen molar-refractivity contribution in [1.82, 2.24) is 9.78 Å². The second kappa shape index (κ2) is 6.51. The van der Waals surface area contributed by atoms with E-state index in [9.17, 15) is 9.90 Å². The average molecular weight is 357 g/mol. The number of aryl methyl sites for hydroxylation is 2. The Kier molecular flexibility index (Phi) is 5.12. The zero-order valence-corrected chi connectivity index (χ0v) is 14.7. The van der Waals surface area contributed by atoms with Crippen molar-refractivity contribution < 1.29 is 9.90 Å². The van der Waals surface area contributed by atoms with Crippen molar-refractivity contribution in [2.24, 2.45) is 11.3 Å². The molecule has 5 heteroatoms. The summed E-state index contributed by atoms with van der Waals surface area (Å²) in [5.74, 6) is -0.00796. The molecule has 118 valence electrons. The normalized spacial score (nSPS) is 26.0. The van der Waals surface area contributed by atoms with E-state index in [1.165, 1.54) is 0 Å². The van der Waals surface area contributed by atoms with Gasteiger partial charge in [0.25, 0.3) is 0 Å². The van der Waals surface area contributed by atoms with Crippen LogP contribution in [0.4, 0.5) is 0 Å². The van der Waals surface area contributed by atoms with Crippen LogP contribution < -0.4 is 0 Å². The van der Waals surface area contributed by atoms with Crippen LogP contribution in [0.15, 0.2) is 4.47 Å². The van der Waals surface area contributed by atoms with Crippen LogP contribution in [0.3, 0.4) is 0 Å². The molecule has 0 spiro atoms. The van der Waals surface area contributed by atoms with Crippen molar-refractivity contribution in [1.29, 1.82) is 0 Å². The molecule has 1 aromatic heterocycles. The quantitative estimate of drug-likeness (QED) is 0.865. The molecule has 1 N–H and O–H groups in total. The van der Waals surface area contributed by atoms with Gasteiger partial charge < -0.3 is 5.11 Å². The first kappa shape index (κ1) is 16.5. The van der Waals surface area contributed by atoms with Crippen molar-refractivity contribution in [2.45, 2.75) is 65.8 Å². The van der Waals surface area contributed by atoms with Crippen LogP contribution in [-0.2, 0) is 24.2 Å². The third-order valence-electron chi connectivity index (χ3n) is 4.89. The van der Waals surface area contributed by atoms with Crippen molar-refractivity contribution in [3.05, 3.63) is 15.9 Å². The van der Waals surface area contributed by atoms with Gasteiger partial charge in [0.2, 0.25) is 0 Å². The Hall–Kier alpha value is -0.840. The van der Waals surface area contributed by atoms with Gasteiger partial charge in [0.15, 0.2) is 0 Å². The predicted octanol–water partition coefficient (Wildman–Crippen LogP) is 4.05. The minimum atomic E-state index is -0.650. The molecule has 1 heterocycles. The standard InChI is InChI=1S/C16H25BrN2O2/c1-4-12-14(17)13(19(5-2)18-12)10-16(15(20)21)8-6-11(3)7-9-16/h11H,4-10H2,1-3H3,(H,20,21). The minimum Gasteiger partial charge on any atom is -0.481 e. The predicted molar refractivity (Wildman–Crippen MR) is 86.4 cm³/mol. The van der Waals surface area contributed by atoms with Crippen LogP contribution in [0.5, 0.6) is 0 Å². The first-order valence-corrected chi connectivity index (χ1v) is 8.70. The monoisotopic (exact) mass is 356 g/mol. The zero-order chi connectivity index (χ0) is 15.6. The lowest BCUT2D eigenvalue weighted by atomic mass is 9.68. The Labute approximate surface area is 135 Å². The number of rotatable bonds is 5. The van der Waals surface area contributed by atoms with E-state index in [2.05, 4.69) is 41.8 Å². The second-order valence-electron chi connectivity index (χ2n) is 6.32. The molecule has 1 fully saturated rings. The van der Waals surface area contributed by atoms with Crippen LogP contribution in [0.1, 0.15) is 57.8 Å². The van der Waals surface area contributed by atoms with Crippen molar-refractivity contribution in [3.63, 3.8) is 0 Å². The number of carbonyl (C=O) groups is 1.